The third-order valence-corrected chi connectivity index (χ3v) is 10.9. The lowest BCUT2D eigenvalue weighted by Crippen LogP contribution is -2.29. The number of rotatable bonds is 5. The van der Waals surface area contributed by atoms with E-state index in [1.807, 2.05) is 6.08 Å². The summed E-state index contributed by atoms with van der Waals surface area (Å²) in [5.41, 5.74) is 13.5. The molecule has 52 heavy (non-hydrogen) atoms. The van der Waals surface area contributed by atoms with Crippen LogP contribution in [0.2, 0.25) is 0 Å². The Bertz CT molecular complexity index is 2900. The molecule has 1 aliphatic heterocycles. The summed E-state index contributed by atoms with van der Waals surface area (Å²) in [7, 11) is 0. The molecule has 3 nitrogen and oxygen atoms in total. The summed E-state index contributed by atoms with van der Waals surface area (Å²) in [4.78, 5) is 2.60. The van der Waals surface area contributed by atoms with Gasteiger partial charge in [-0.2, -0.15) is 0 Å². The quantitative estimate of drug-likeness (QED) is 0.178. The van der Waals surface area contributed by atoms with Crippen LogP contribution in [0.5, 0.6) is 0 Å². The number of benzene rings is 6. The molecule has 248 valence electrons. The van der Waals surface area contributed by atoms with Crippen molar-refractivity contribution < 1.29 is 0 Å². The molecule has 1 aliphatic carbocycles. The fourth-order valence-electron chi connectivity index (χ4n) is 8.74. The second-order valence-corrected chi connectivity index (χ2v) is 13.7. The zero-order valence-electron chi connectivity index (χ0n) is 29.1. The number of para-hydroxylation sites is 3. The van der Waals surface area contributed by atoms with Gasteiger partial charge in [-0.1, -0.05) is 134 Å². The van der Waals surface area contributed by atoms with Crippen molar-refractivity contribution in [3.63, 3.8) is 0 Å². The molecule has 0 N–H and O–H groups in total. The lowest BCUT2D eigenvalue weighted by Gasteiger charge is -2.29. The van der Waals surface area contributed by atoms with Gasteiger partial charge in [0.1, 0.15) is 0 Å². The molecule has 0 saturated carbocycles. The van der Waals surface area contributed by atoms with E-state index in [-0.39, 0.29) is 6.04 Å². The average molecular weight is 668 g/mol. The van der Waals surface area contributed by atoms with Gasteiger partial charge < -0.3 is 14.0 Å². The van der Waals surface area contributed by atoms with Gasteiger partial charge in [-0.15, -0.1) is 0 Å². The molecule has 0 spiro atoms. The Morgan fingerprint density at radius 3 is 2.12 bits per heavy atom. The highest BCUT2D eigenvalue weighted by Gasteiger charge is 2.37. The second kappa shape index (κ2) is 12.0. The van der Waals surface area contributed by atoms with Crippen LogP contribution in [0.15, 0.2) is 170 Å². The van der Waals surface area contributed by atoms with Gasteiger partial charge in [-0.05, 0) is 78.6 Å². The van der Waals surface area contributed by atoms with E-state index in [1.54, 1.807) is 0 Å². The van der Waals surface area contributed by atoms with Gasteiger partial charge >= 0.3 is 0 Å². The molecule has 2 aromatic heterocycles. The summed E-state index contributed by atoms with van der Waals surface area (Å²) in [6, 6.07) is 51.1. The van der Waals surface area contributed by atoms with Crippen molar-refractivity contribution >= 4 is 61.8 Å². The van der Waals surface area contributed by atoms with Crippen LogP contribution in [0.3, 0.4) is 0 Å². The van der Waals surface area contributed by atoms with Crippen LogP contribution in [0.25, 0.3) is 72.9 Å². The monoisotopic (exact) mass is 667 g/mol. The molecule has 2 aliphatic rings. The van der Waals surface area contributed by atoms with Crippen LogP contribution in [-0.4, -0.2) is 15.2 Å². The van der Waals surface area contributed by atoms with Gasteiger partial charge in [-0.25, -0.2) is 0 Å². The van der Waals surface area contributed by atoms with E-state index in [9.17, 15) is 0 Å². The van der Waals surface area contributed by atoms with Crippen LogP contribution in [-0.2, 0) is 0 Å². The first-order valence-corrected chi connectivity index (χ1v) is 18.1. The minimum absolute atomic E-state index is 0.198. The lowest BCUT2D eigenvalue weighted by molar-refractivity contribution is 0.830. The topological polar surface area (TPSA) is 13.1 Å². The SMILES string of the molecule is C=C/C=c1\c(=C/C)n(-c2ccccc2)c2c3c(ccc12)C1=CC=CCC1N3c1cccc(-c2ccc3c4ccccc4n(-c4ccccc4)c3c2)c1. The number of allylic oxidation sites excluding steroid dienone is 3. The Morgan fingerprint density at radius 2 is 1.33 bits per heavy atom. The molecular formula is C49H37N3. The first kappa shape index (κ1) is 30.3. The molecule has 0 radical (unpaired) electrons. The maximum atomic E-state index is 4.10. The largest absolute Gasteiger partial charge is 0.331 e. The van der Waals surface area contributed by atoms with Crippen molar-refractivity contribution in [1.82, 2.24) is 9.13 Å². The summed E-state index contributed by atoms with van der Waals surface area (Å²) in [5.74, 6) is 0. The van der Waals surface area contributed by atoms with Gasteiger partial charge in [0.25, 0.3) is 0 Å². The number of hydrogen-bond acceptors (Lipinski definition) is 1. The minimum Gasteiger partial charge on any atom is -0.331 e. The van der Waals surface area contributed by atoms with Crippen molar-refractivity contribution in [2.45, 2.75) is 19.4 Å². The summed E-state index contributed by atoms with van der Waals surface area (Å²) >= 11 is 0. The van der Waals surface area contributed by atoms with E-state index in [2.05, 4.69) is 197 Å². The Hall–Kier alpha value is -6.58. The normalized spacial score (nSPS) is 15.8. The molecule has 0 amide bonds. The third-order valence-electron chi connectivity index (χ3n) is 10.9. The maximum absolute atomic E-state index is 4.10. The van der Waals surface area contributed by atoms with Crippen molar-refractivity contribution in [3.05, 3.63) is 187 Å². The van der Waals surface area contributed by atoms with E-state index in [1.165, 1.54) is 82.6 Å². The molecule has 10 rings (SSSR count). The second-order valence-electron chi connectivity index (χ2n) is 13.7. The maximum Gasteiger partial charge on any atom is 0.0785 e. The lowest BCUT2D eigenvalue weighted by atomic mass is 9.95. The number of fused-ring (bicyclic) bond motifs is 8. The zero-order valence-corrected chi connectivity index (χ0v) is 29.1. The molecule has 8 aromatic rings. The summed E-state index contributed by atoms with van der Waals surface area (Å²) < 4.78 is 4.84. The van der Waals surface area contributed by atoms with Crippen molar-refractivity contribution in [1.29, 1.82) is 0 Å². The third kappa shape index (κ3) is 4.46. The summed E-state index contributed by atoms with van der Waals surface area (Å²) in [6.07, 6.45) is 14.1. The molecule has 3 heteroatoms. The van der Waals surface area contributed by atoms with E-state index in [0.29, 0.717) is 0 Å². The smallest absolute Gasteiger partial charge is 0.0785 e. The van der Waals surface area contributed by atoms with Gasteiger partial charge in [0, 0.05) is 49.4 Å². The number of anilines is 2. The first-order chi connectivity index (χ1) is 25.7. The van der Waals surface area contributed by atoms with Gasteiger partial charge in [0.15, 0.2) is 0 Å². The highest BCUT2D eigenvalue weighted by atomic mass is 15.2. The van der Waals surface area contributed by atoms with Crippen molar-refractivity contribution in [2.24, 2.45) is 0 Å². The minimum atomic E-state index is 0.198. The van der Waals surface area contributed by atoms with E-state index < -0.39 is 0 Å². The molecule has 0 bridgehead atoms. The number of aromatic nitrogens is 2. The van der Waals surface area contributed by atoms with E-state index >= 15 is 0 Å². The highest BCUT2D eigenvalue weighted by molar-refractivity contribution is 6.11. The Kier molecular flexibility index (Phi) is 7.00. The standard InChI is InChI=1S/C49H37N3/c1-3-16-38-42-29-30-43-40-24-12-14-26-46(40)52(49(43)48(42)51(44(38)4-2)36-20-9-6-10-21-36)37-22-15-17-33(31-37)34-27-28-41-39-23-11-13-25-45(39)50(47(41)32-34)35-18-7-5-8-19-35/h3-25,27-32,46H,1,26H2,2H3/b38-16-,44-4+. The van der Waals surface area contributed by atoms with Crippen LogP contribution in [0.1, 0.15) is 18.9 Å². The Labute approximate surface area is 303 Å². The Balaban J connectivity index is 1.21. The van der Waals surface area contributed by atoms with Crippen molar-refractivity contribution in [3.8, 4) is 22.5 Å². The summed E-state index contributed by atoms with van der Waals surface area (Å²) in [5, 5.41) is 6.12. The van der Waals surface area contributed by atoms with Gasteiger partial charge in [0.2, 0.25) is 0 Å². The number of nitrogens with zero attached hydrogens (tertiary/aromatic N) is 3. The van der Waals surface area contributed by atoms with Crippen LogP contribution >= 0.6 is 0 Å². The van der Waals surface area contributed by atoms with Gasteiger partial charge in [-0.3, -0.25) is 0 Å². The molecule has 1 unspecified atom stereocenters. The molecule has 0 fully saturated rings. The van der Waals surface area contributed by atoms with Crippen LogP contribution < -0.4 is 15.5 Å². The predicted octanol–water partition coefficient (Wildman–Crippen LogP) is 11.0. The predicted molar refractivity (Wildman–Crippen MR) is 221 cm³/mol. The molecule has 6 aromatic carbocycles. The molecule has 0 saturated heterocycles. The van der Waals surface area contributed by atoms with Gasteiger partial charge in [0.05, 0.1) is 28.3 Å². The summed E-state index contributed by atoms with van der Waals surface area (Å²) in [6.45, 7) is 6.23. The van der Waals surface area contributed by atoms with Crippen LogP contribution in [0.4, 0.5) is 11.4 Å². The first-order valence-electron chi connectivity index (χ1n) is 18.1. The molecule has 1 atom stereocenters. The zero-order chi connectivity index (χ0) is 34.8. The van der Waals surface area contributed by atoms with Crippen molar-refractivity contribution in [2.75, 3.05) is 4.90 Å². The fraction of sp³-hybridized carbons (Fsp3) is 0.0612. The Morgan fingerprint density at radius 1 is 0.635 bits per heavy atom. The number of hydrogen-bond donors (Lipinski definition) is 0. The highest BCUT2D eigenvalue weighted by Crippen LogP contribution is 2.51. The van der Waals surface area contributed by atoms with E-state index in [4.69, 9.17) is 0 Å². The average Bonchev–Trinajstić information content (AvgIpc) is 3.84. The molecule has 3 heterocycles. The molecular weight excluding hydrogens is 631 g/mol. The van der Waals surface area contributed by atoms with Crippen LogP contribution in [0, 0.1) is 0 Å². The van der Waals surface area contributed by atoms with E-state index in [0.717, 1.165) is 12.1 Å². The fourth-order valence-corrected chi connectivity index (χ4v) is 8.74.